The molecule has 1 heterocycles. The van der Waals surface area contributed by atoms with Gasteiger partial charge in [-0.05, 0) is 38.8 Å². The minimum absolute atomic E-state index is 0.311. The summed E-state index contributed by atoms with van der Waals surface area (Å²) in [6, 6.07) is 3.62. The number of pyridine rings is 1. The molecule has 0 aliphatic rings. The molecule has 0 amide bonds. The maximum Gasteiger partial charge on any atom is 0.335 e. The first-order valence-electron chi connectivity index (χ1n) is 6.50. The van der Waals surface area contributed by atoms with Crippen molar-refractivity contribution in [2.75, 3.05) is 11.4 Å². The van der Waals surface area contributed by atoms with Gasteiger partial charge < -0.3 is 10.0 Å². The van der Waals surface area contributed by atoms with E-state index in [1.54, 1.807) is 12.1 Å². The highest BCUT2D eigenvalue weighted by atomic mass is 16.4. The van der Waals surface area contributed by atoms with Gasteiger partial charge in [0.1, 0.15) is 5.82 Å². The predicted octanol–water partition coefficient (Wildman–Crippen LogP) is 2.97. The number of carboxylic acid groups (broad SMARTS) is 1. The van der Waals surface area contributed by atoms with E-state index in [0.717, 1.165) is 30.9 Å². The largest absolute Gasteiger partial charge is 0.478 e. The maximum atomic E-state index is 11.1. The van der Waals surface area contributed by atoms with Crippen molar-refractivity contribution < 1.29 is 9.90 Å². The quantitative estimate of drug-likeness (QED) is 0.843. The van der Waals surface area contributed by atoms with Gasteiger partial charge in [0.05, 0.1) is 5.56 Å². The highest BCUT2D eigenvalue weighted by Crippen LogP contribution is 2.18. The van der Waals surface area contributed by atoms with Crippen molar-refractivity contribution in [3.63, 3.8) is 0 Å². The van der Waals surface area contributed by atoms with Gasteiger partial charge in [-0.3, -0.25) is 0 Å². The SMILES string of the molecule is CCCN(c1cc(C(=O)O)cc(CC)n1)C(C)C. The molecule has 18 heavy (non-hydrogen) atoms. The van der Waals surface area contributed by atoms with Crippen molar-refractivity contribution in [3.05, 3.63) is 23.4 Å². The molecule has 0 bridgehead atoms. The first kappa shape index (κ1) is 14.5. The second-order valence-corrected chi connectivity index (χ2v) is 4.65. The van der Waals surface area contributed by atoms with Gasteiger partial charge in [-0.1, -0.05) is 13.8 Å². The third-order valence-corrected chi connectivity index (χ3v) is 2.86. The van der Waals surface area contributed by atoms with E-state index in [9.17, 15) is 4.79 Å². The van der Waals surface area contributed by atoms with E-state index < -0.39 is 5.97 Å². The van der Waals surface area contributed by atoms with Crippen LogP contribution < -0.4 is 4.90 Å². The van der Waals surface area contributed by atoms with E-state index in [1.807, 2.05) is 6.92 Å². The summed E-state index contributed by atoms with van der Waals surface area (Å²) < 4.78 is 0. The van der Waals surface area contributed by atoms with Gasteiger partial charge in [0.25, 0.3) is 0 Å². The van der Waals surface area contributed by atoms with Gasteiger partial charge in [-0.2, -0.15) is 0 Å². The molecule has 1 aromatic rings. The van der Waals surface area contributed by atoms with Crippen LogP contribution >= 0.6 is 0 Å². The van der Waals surface area contributed by atoms with Gasteiger partial charge in [0, 0.05) is 18.3 Å². The van der Waals surface area contributed by atoms with Crippen molar-refractivity contribution in [1.82, 2.24) is 4.98 Å². The summed E-state index contributed by atoms with van der Waals surface area (Å²) in [4.78, 5) is 17.8. The first-order valence-corrected chi connectivity index (χ1v) is 6.50. The summed E-state index contributed by atoms with van der Waals surface area (Å²) in [7, 11) is 0. The van der Waals surface area contributed by atoms with E-state index in [-0.39, 0.29) is 0 Å². The van der Waals surface area contributed by atoms with E-state index >= 15 is 0 Å². The molecule has 0 fully saturated rings. The molecule has 0 unspecified atom stereocenters. The third kappa shape index (κ3) is 3.45. The van der Waals surface area contributed by atoms with E-state index in [0.29, 0.717) is 11.6 Å². The van der Waals surface area contributed by atoms with Crippen LogP contribution in [0.25, 0.3) is 0 Å². The van der Waals surface area contributed by atoms with Crippen LogP contribution in [-0.2, 0) is 6.42 Å². The molecule has 0 saturated heterocycles. The van der Waals surface area contributed by atoms with E-state index in [2.05, 4.69) is 30.7 Å². The Morgan fingerprint density at radius 1 is 1.39 bits per heavy atom. The lowest BCUT2D eigenvalue weighted by Gasteiger charge is -2.28. The van der Waals surface area contributed by atoms with Crippen molar-refractivity contribution in [2.45, 2.75) is 46.6 Å². The molecule has 1 N–H and O–H groups in total. The highest BCUT2D eigenvalue weighted by Gasteiger charge is 2.15. The lowest BCUT2D eigenvalue weighted by atomic mass is 10.1. The molecule has 4 heteroatoms. The fourth-order valence-corrected chi connectivity index (χ4v) is 1.90. The molecule has 0 atom stereocenters. The number of aromatic carboxylic acids is 1. The summed E-state index contributed by atoms with van der Waals surface area (Å²) in [5.41, 5.74) is 1.14. The second kappa shape index (κ2) is 6.38. The van der Waals surface area contributed by atoms with Crippen molar-refractivity contribution in [3.8, 4) is 0 Å². The van der Waals surface area contributed by atoms with Crippen LogP contribution in [0.2, 0.25) is 0 Å². The predicted molar refractivity (Wildman–Crippen MR) is 73.3 cm³/mol. The number of anilines is 1. The van der Waals surface area contributed by atoms with Gasteiger partial charge in [0.15, 0.2) is 0 Å². The Balaban J connectivity index is 3.20. The van der Waals surface area contributed by atoms with Gasteiger partial charge in [0.2, 0.25) is 0 Å². The third-order valence-electron chi connectivity index (χ3n) is 2.86. The van der Waals surface area contributed by atoms with Crippen LogP contribution in [0.1, 0.15) is 50.2 Å². The monoisotopic (exact) mass is 250 g/mol. The molecule has 0 spiro atoms. The van der Waals surface area contributed by atoms with Crippen molar-refractivity contribution in [1.29, 1.82) is 0 Å². The zero-order valence-corrected chi connectivity index (χ0v) is 11.6. The number of aryl methyl sites for hydroxylation is 1. The average molecular weight is 250 g/mol. The van der Waals surface area contributed by atoms with Gasteiger partial charge >= 0.3 is 5.97 Å². The minimum Gasteiger partial charge on any atom is -0.478 e. The number of carbonyl (C=O) groups is 1. The Labute approximate surface area is 109 Å². The molecule has 0 aromatic carbocycles. The molecule has 100 valence electrons. The van der Waals surface area contributed by atoms with Crippen LogP contribution in [0.5, 0.6) is 0 Å². The Bertz CT molecular complexity index is 416. The van der Waals surface area contributed by atoms with Gasteiger partial charge in [-0.15, -0.1) is 0 Å². The average Bonchev–Trinajstić information content (AvgIpc) is 2.34. The Kier molecular flexibility index (Phi) is 5.13. The number of rotatable bonds is 6. The van der Waals surface area contributed by atoms with Crippen molar-refractivity contribution >= 4 is 11.8 Å². The number of nitrogens with zero attached hydrogens (tertiary/aromatic N) is 2. The highest BCUT2D eigenvalue weighted by molar-refractivity contribution is 5.88. The first-order chi connectivity index (χ1) is 8.49. The zero-order valence-electron chi connectivity index (χ0n) is 11.6. The Morgan fingerprint density at radius 3 is 2.50 bits per heavy atom. The molecule has 0 aliphatic carbocycles. The van der Waals surface area contributed by atoms with Crippen molar-refractivity contribution in [2.24, 2.45) is 0 Å². The summed E-state index contributed by atoms with van der Waals surface area (Å²) in [6.45, 7) is 9.16. The molecular weight excluding hydrogens is 228 g/mol. The fourth-order valence-electron chi connectivity index (χ4n) is 1.90. The smallest absolute Gasteiger partial charge is 0.335 e. The van der Waals surface area contributed by atoms with Crippen LogP contribution in [-0.4, -0.2) is 28.6 Å². The maximum absolute atomic E-state index is 11.1. The standard InChI is InChI=1S/C14H22N2O2/c1-5-7-16(10(3)4)13-9-11(14(17)18)8-12(6-2)15-13/h8-10H,5-7H2,1-4H3,(H,17,18). The molecule has 0 radical (unpaired) electrons. The topological polar surface area (TPSA) is 53.4 Å². The Hall–Kier alpha value is -1.58. The molecule has 0 aliphatic heterocycles. The number of hydrogen-bond donors (Lipinski definition) is 1. The molecule has 1 aromatic heterocycles. The number of carboxylic acids is 1. The van der Waals surface area contributed by atoms with E-state index in [1.165, 1.54) is 0 Å². The van der Waals surface area contributed by atoms with E-state index in [4.69, 9.17) is 5.11 Å². The molecule has 4 nitrogen and oxygen atoms in total. The summed E-state index contributed by atoms with van der Waals surface area (Å²) in [5.74, 6) is -0.128. The molecular formula is C14H22N2O2. The van der Waals surface area contributed by atoms with Crippen LogP contribution in [0.4, 0.5) is 5.82 Å². The number of aromatic nitrogens is 1. The van der Waals surface area contributed by atoms with Crippen LogP contribution in [0.15, 0.2) is 12.1 Å². The van der Waals surface area contributed by atoms with Crippen LogP contribution in [0, 0.1) is 0 Å². The number of hydrogen-bond acceptors (Lipinski definition) is 3. The molecule has 1 rings (SSSR count). The lowest BCUT2D eigenvalue weighted by Crippen LogP contribution is -2.32. The molecule has 0 saturated carbocycles. The zero-order chi connectivity index (χ0) is 13.7. The second-order valence-electron chi connectivity index (χ2n) is 4.65. The summed E-state index contributed by atoms with van der Waals surface area (Å²) >= 11 is 0. The fraction of sp³-hybridized carbons (Fsp3) is 0.571. The van der Waals surface area contributed by atoms with Gasteiger partial charge in [-0.25, -0.2) is 9.78 Å². The summed E-state index contributed by atoms with van der Waals surface area (Å²) in [5, 5.41) is 9.13. The van der Waals surface area contributed by atoms with Crippen LogP contribution in [0.3, 0.4) is 0 Å². The minimum atomic E-state index is -0.895. The Morgan fingerprint density at radius 2 is 2.06 bits per heavy atom. The normalized spacial score (nSPS) is 10.7. The summed E-state index contributed by atoms with van der Waals surface area (Å²) in [6.07, 6.45) is 1.75. The lowest BCUT2D eigenvalue weighted by molar-refractivity contribution is 0.0696.